The average Bonchev–Trinajstić information content (AvgIpc) is 2.49. The van der Waals surface area contributed by atoms with Gasteiger partial charge in [-0.1, -0.05) is 72.6 Å². The van der Waals surface area contributed by atoms with E-state index < -0.39 is 5.60 Å². The Bertz CT molecular complexity index is 250. The molecule has 1 saturated carbocycles. The first-order valence-corrected chi connectivity index (χ1v) is 9.52. The standard InChI is InChI=1S/C19H39NO/c1-5-7-14-19(21,15-8-6-2)18(16(3)4)20-17-12-10-9-11-13-17/h16-18,20-21H,5-15H2,1-4H3/t18-/m0/s1. The molecule has 0 bridgehead atoms. The van der Waals surface area contributed by atoms with Crippen LogP contribution >= 0.6 is 0 Å². The molecule has 2 N–H and O–H groups in total. The summed E-state index contributed by atoms with van der Waals surface area (Å²) >= 11 is 0. The average molecular weight is 298 g/mol. The molecule has 0 unspecified atom stereocenters. The SMILES string of the molecule is CCCCC(O)(CCCC)[C@@H](NC1CCCCC1)C(C)C. The Hall–Kier alpha value is -0.0800. The van der Waals surface area contributed by atoms with Gasteiger partial charge in [-0.25, -0.2) is 0 Å². The van der Waals surface area contributed by atoms with E-state index in [1.54, 1.807) is 0 Å². The third kappa shape index (κ3) is 6.28. The molecule has 126 valence electrons. The van der Waals surface area contributed by atoms with Gasteiger partial charge in [0.2, 0.25) is 0 Å². The van der Waals surface area contributed by atoms with Gasteiger partial charge in [0.15, 0.2) is 0 Å². The van der Waals surface area contributed by atoms with Crippen molar-refractivity contribution in [3.8, 4) is 0 Å². The van der Waals surface area contributed by atoms with Gasteiger partial charge < -0.3 is 10.4 Å². The minimum absolute atomic E-state index is 0.249. The highest BCUT2D eigenvalue weighted by atomic mass is 16.3. The zero-order chi connectivity index (χ0) is 15.7. The van der Waals surface area contributed by atoms with E-state index in [4.69, 9.17) is 0 Å². The summed E-state index contributed by atoms with van der Waals surface area (Å²) in [6, 6.07) is 0.875. The second kappa shape index (κ2) is 9.84. The Labute approximate surface area is 133 Å². The van der Waals surface area contributed by atoms with Crippen LogP contribution in [0.2, 0.25) is 0 Å². The van der Waals surface area contributed by atoms with E-state index in [0.717, 1.165) is 25.7 Å². The second-order valence-electron chi connectivity index (χ2n) is 7.53. The number of aliphatic hydroxyl groups is 1. The van der Waals surface area contributed by atoms with Crippen LogP contribution in [0.3, 0.4) is 0 Å². The molecule has 0 radical (unpaired) electrons. The highest BCUT2D eigenvalue weighted by Gasteiger charge is 2.38. The van der Waals surface area contributed by atoms with E-state index >= 15 is 0 Å². The quantitative estimate of drug-likeness (QED) is 0.592. The van der Waals surface area contributed by atoms with Crippen LogP contribution in [0.5, 0.6) is 0 Å². The van der Waals surface area contributed by atoms with E-state index in [1.807, 2.05) is 0 Å². The Balaban J connectivity index is 2.73. The molecule has 1 atom stereocenters. The molecule has 0 aliphatic heterocycles. The van der Waals surface area contributed by atoms with E-state index in [2.05, 4.69) is 33.0 Å². The Morgan fingerprint density at radius 2 is 1.52 bits per heavy atom. The van der Waals surface area contributed by atoms with Crippen molar-refractivity contribution in [3.63, 3.8) is 0 Å². The molecular formula is C19H39NO. The molecule has 1 aliphatic rings. The Kier molecular flexibility index (Phi) is 8.89. The predicted octanol–water partition coefficient (Wildman–Crippen LogP) is 5.04. The van der Waals surface area contributed by atoms with Crippen LogP contribution in [0.15, 0.2) is 0 Å². The van der Waals surface area contributed by atoms with E-state index in [-0.39, 0.29) is 6.04 Å². The lowest BCUT2D eigenvalue weighted by Crippen LogP contribution is -2.57. The topological polar surface area (TPSA) is 32.3 Å². The summed E-state index contributed by atoms with van der Waals surface area (Å²) in [7, 11) is 0. The number of hydrogen-bond acceptors (Lipinski definition) is 2. The number of hydrogen-bond donors (Lipinski definition) is 2. The minimum Gasteiger partial charge on any atom is -0.388 e. The minimum atomic E-state index is -0.516. The maximum atomic E-state index is 11.4. The summed E-state index contributed by atoms with van der Waals surface area (Å²) in [5.74, 6) is 0.491. The van der Waals surface area contributed by atoms with Gasteiger partial charge in [-0.05, 0) is 31.6 Å². The van der Waals surface area contributed by atoms with Gasteiger partial charge >= 0.3 is 0 Å². The fourth-order valence-electron chi connectivity index (χ4n) is 3.89. The summed E-state index contributed by atoms with van der Waals surface area (Å²) in [6.45, 7) is 8.98. The number of rotatable bonds is 10. The monoisotopic (exact) mass is 297 g/mol. The van der Waals surface area contributed by atoms with Crippen molar-refractivity contribution in [2.45, 2.75) is 116 Å². The molecule has 1 rings (SSSR count). The molecule has 21 heavy (non-hydrogen) atoms. The highest BCUT2D eigenvalue weighted by molar-refractivity contribution is 4.95. The van der Waals surface area contributed by atoms with E-state index in [0.29, 0.717) is 12.0 Å². The lowest BCUT2D eigenvalue weighted by molar-refractivity contribution is -0.0370. The Morgan fingerprint density at radius 1 is 1.00 bits per heavy atom. The zero-order valence-corrected chi connectivity index (χ0v) is 15.0. The van der Waals surface area contributed by atoms with Gasteiger partial charge in [0.1, 0.15) is 0 Å². The first-order valence-electron chi connectivity index (χ1n) is 9.52. The number of nitrogens with one attached hydrogen (secondary N) is 1. The van der Waals surface area contributed by atoms with Crippen LogP contribution in [-0.4, -0.2) is 22.8 Å². The summed E-state index contributed by atoms with van der Waals surface area (Å²) in [4.78, 5) is 0. The fraction of sp³-hybridized carbons (Fsp3) is 1.00. The first-order chi connectivity index (χ1) is 10.0. The van der Waals surface area contributed by atoms with Gasteiger partial charge in [0.05, 0.1) is 5.60 Å². The van der Waals surface area contributed by atoms with Gasteiger partial charge in [0, 0.05) is 12.1 Å². The third-order valence-electron chi connectivity index (χ3n) is 5.19. The molecule has 2 nitrogen and oxygen atoms in total. The van der Waals surface area contributed by atoms with E-state index in [1.165, 1.54) is 44.9 Å². The van der Waals surface area contributed by atoms with E-state index in [9.17, 15) is 5.11 Å². The zero-order valence-electron chi connectivity index (χ0n) is 15.0. The maximum Gasteiger partial charge on any atom is 0.0802 e. The normalized spacial score (nSPS) is 19.1. The smallest absolute Gasteiger partial charge is 0.0802 e. The molecule has 0 spiro atoms. The molecular weight excluding hydrogens is 258 g/mol. The van der Waals surface area contributed by atoms with Crippen LogP contribution in [0.1, 0.15) is 98.3 Å². The summed E-state index contributed by atoms with van der Waals surface area (Å²) in [5, 5.41) is 15.2. The van der Waals surface area contributed by atoms with Crippen LogP contribution in [-0.2, 0) is 0 Å². The van der Waals surface area contributed by atoms with Crippen molar-refractivity contribution >= 4 is 0 Å². The number of unbranched alkanes of at least 4 members (excludes halogenated alkanes) is 2. The molecule has 1 aliphatic carbocycles. The largest absolute Gasteiger partial charge is 0.388 e. The van der Waals surface area contributed by atoms with Crippen molar-refractivity contribution in [2.24, 2.45) is 5.92 Å². The lowest BCUT2D eigenvalue weighted by Gasteiger charge is -2.42. The van der Waals surface area contributed by atoms with Crippen molar-refractivity contribution in [1.29, 1.82) is 0 Å². The lowest BCUT2D eigenvalue weighted by atomic mass is 9.78. The molecule has 2 heteroatoms. The van der Waals surface area contributed by atoms with Gasteiger partial charge in [-0.15, -0.1) is 0 Å². The van der Waals surface area contributed by atoms with Gasteiger partial charge in [-0.3, -0.25) is 0 Å². The van der Waals surface area contributed by atoms with Crippen molar-refractivity contribution < 1.29 is 5.11 Å². The first kappa shape index (κ1) is 19.0. The third-order valence-corrected chi connectivity index (χ3v) is 5.19. The van der Waals surface area contributed by atoms with Crippen LogP contribution in [0, 0.1) is 5.92 Å². The summed E-state index contributed by atoms with van der Waals surface area (Å²) < 4.78 is 0. The van der Waals surface area contributed by atoms with Crippen molar-refractivity contribution in [1.82, 2.24) is 5.32 Å². The molecule has 0 amide bonds. The van der Waals surface area contributed by atoms with Gasteiger partial charge in [-0.2, -0.15) is 0 Å². The van der Waals surface area contributed by atoms with Crippen LogP contribution < -0.4 is 5.32 Å². The van der Waals surface area contributed by atoms with Crippen molar-refractivity contribution in [2.75, 3.05) is 0 Å². The summed E-state index contributed by atoms with van der Waals surface area (Å²) in [6.07, 6.45) is 13.2. The molecule has 1 fully saturated rings. The maximum absolute atomic E-state index is 11.4. The van der Waals surface area contributed by atoms with Gasteiger partial charge in [0.25, 0.3) is 0 Å². The fourth-order valence-corrected chi connectivity index (χ4v) is 3.89. The predicted molar refractivity (Wildman–Crippen MR) is 92.6 cm³/mol. The molecule has 0 aromatic rings. The van der Waals surface area contributed by atoms with Crippen molar-refractivity contribution in [3.05, 3.63) is 0 Å². The second-order valence-corrected chi connectivity index (χ2v) is 7.53. The summed E-state index contributed by atoms with van der Waals surface area (Å²) in [5.41, 5.74) is -0.516. The van der Waals surface area contributed by atoms with Crippen LogP contribution in [0.25, 0.3) is 0 Å². The highest BCUT2D eigenvalue weighted by Crippen LogP contribution is 2.31. The molecule has 0 heterocycles. The molecule has 0 saturated heterocycles. The van der Waals surface area contributed by atoms with Crippen LogP contribution in [0.4, 0.5) is 0 Å². The molecule has 0 aromatic carbocycles. The Morgan fingerprint density at radius 3 is 1.95 bits per heavy atom. The molecule has 0 aromatic heterocycles.